The van der Waals surface area contributed by atoms with E-state index in [1.54, 1.807) is 21.3 Å². The number of nitrogen functional groups attached to an aromatic ring is 1. The Balaban J connectivity index is 2.29. The minimum absolute atomic E-state index is 0.0676. The van der Waals surface area contributed by atoms with Crippen molar-refractivity contribution in [2.75, 3.05) is 39.5 Å². The number of nitrogens with zero attached hydrogens (tertiary/aromatic N) is 2. The van der Waals surface area contributed by atoms with Crippen LogP contribution in [0.5, 0.6) is 17.2 Å². The van der Waals surface area contributed by atoms with Gasteiger partial charge in [0.15, 0.2) is 11.5 Å². The normalized spacial score (nSPS) is 10.1. The molecule has 0 fully saturated rings. The van der Waals surface area contributed by atoms with Crippen LogP contribution in [0.4, 0.5) is 16.6 Å². The number of amides is 1. The van der Waals surface area contributed by atoms with Crippen LogP contribution >= 0.6 is 0 Å². The van der Waals surface area contributed by atoms with E-state index in [4.69, 9.17) is 19.9 Å². The van der Waals surface area contributed by atoms with Gasteiger partial charge >= 0.3 is 6.09 Å². The molecule has 3 N–H and O–H groups in total. The molecule has 0 spiro atoms. The van der Waals surface area contributed by atoms with Crippen molar-refractivity contribution >= 4 is 17.9 Å². The lowest BCUT2D eigenvalue weighted by atomic mass is 10.1. The predicted octanol–water partition coefficient (Wildman–Crippen LogP) is 1.85. The zero-order valence-electron chi connectivity index (χ0n) is 14.5. The number of benzene rings is 1. The Labute approximate surface area is 145 Å². The molecule has 9 heteroatoms. The molecule has 0 aliphatic heterocycles. The number of carbonyl (C=O) groups excluding carboxylic acids is 1. The highest BCUT2D eigenvalue weighted by molar-refractivity contribution is 5.82. The van der Waals surface area contributed by atoms with Crippen molar-refractivity contribution in [3.63, 3.8) is 0 Å². The molecule has 1 aromatic heterocycles. The van der Waals surface area contributed by atoms with Crippen LogP contribution in [0.2, 0.25) is 0 Å². The van der Waals surface area contributed by atoms with Gasteiger partial charge in [0.2, 0.25) is 11.7 Å². The Morgan fingerprint density at radius 2 is 1.76 bits per heavy atom. The van der Waals surface area contributed by atoms with E-state index in [2.05, 4.69) is 20.0 Å². The zero-order chi connectivity index (χ0) is 18.4. The Bertz CT molecular complexity index is 741. The molecule has 0 aliphatic rings. The molecule has 25 heavy (non-hydrogen) atoms. The summed E-state index contributed by atoms with van der Waals surface area (Å²) in [5, 5.41) is 2.36. The number of rotatable bonds is 6. The first kappa shape index (κ1) is 18.1. The minimum Gasteiger partial charge on any atom is -0.493 e. The van der Waals surface area contributed by atoms with Crippen molar-refractivity contribution in [1.29, 1.82) is 0 Å². The molecule has 2 rings (SSSR count). The SMILES string of the molecule is COC(=O)Nc1ncc(Cc2cc(OC)c(OC)c(OC)c2)c(N)n1. The Kier molecular flexibility index (Phi) is 5.83. The minimum atomic E-state index is -0.670. The molecule has 0 atom stereocenters. The molecule has 0 aliphatic carbocycles. The van der Waals surface area contributed by atoms with Gasteiger partial charge in [0.1, 0.15) is 5.82 Å². The highest BCUT2D eigenvalue weighted by Gasteiger charge is 2.15. The Morgan fingerprint density at radius 3 is 2.24 bits per heavy atom. The van der Waals surface area contributed by atoms with Gasteiger partial charge in [-0.3, -0.25) is 5.32 Å². The highest BCUT2D eigenvalue weighted by atomic mass is 16.5. The number of hydrogen-bond donors (Lipinski definition) is 2. The summed E-state index contributed by atoms with van der Waals surface area (Å²) >= 11 is 0. The third-order valence-corrected chi connectivity index (χ3v) is 3.42. The largest absolute Gasteiger partial charge is 0.493 e. The van der Waals surface area contributed by atoms with Crippen molar-refractivity contribution in [3.8, 4) is 17.2 Å². The first-order chi connectivity index (χ1) is 12.0. The summed E-state index contributed by atoms with van der Waals surface area (Å²) in [5.41, 5.74) is 7.51. The molecular weight excluding hydrogens is 328 g/mol. The van der Waals surface area contributed by atoms with Gasteiger partial charge in [0.05, 0.1) is 28.4 Å². The van der Waals surface area contributed by atoms with Crippen LogP contribution < -0.4 is 25.3 Å². The fourth-order valence-corrected chi connectivity index (χ4v) is 2.22. The molecular formula is C16H20N4O5. The first-order valence-corrected chi connectivity index (χ1v) is 7.27. The highest BCUT2D eigenvalue weighted by Crippen LogP contribution is 2.38. The maximum atomic E-state index is 11.2. The van der Waals surface area contributed by atoms with E-state index in [1.165, 1.54) is 13.3 Å². The molecule has 0 radical (unpaired) electrons. The van der Waals surface area contributed by atoms with E-state index < -0.39 is 6.09 Å². The van der Waals surface area contributed by atoms with Gasteiger partial charge in [0, 0.05) is 18.2 Å². The zero-order valence-corrected chi connectivity index (χ0v) is 14.5. The average Bonchev–Trinajstić information content (AvgIpc) is 2.62. The fourth-order valence-electron chi connectivity index (χ4n) is 2.22. The molecule has 0 saturated heterocycles. The lowest BCUT2D eigenvalue weighted by Gasteiger charge is -2.14. The molecule has 1 heterocycles. The van der Waals surface area contributed by atoms with Gasteiger partial charge in [-0.2, -0.15) is 4.98 Å². The Hall–Kier alpha value is -3.23. The molecule has 0 unspecified atom stereocenters. The molecule has 2 aromatic rings. The number of methoxy groups -OCH3 is 4. The van der Waals surface area contributed by atoms with Crippen molar-refractivity contribution in [1.82, 2.24) is 9.97 Å². The molecule has 1 aromatic carbocycles. The third kappa shape index (κ3) is 4.19. The summed E-state index contributed by atoms with van der Waals surface area (Å²) < 4.78 is 20.4. The maximum absolute atomic E-state index is 11.2. The number of nitrogens with one attached hydrogen (secondary N) is 1. The first-order valence-electron chi connectivity index (χ1n) is 7.27. The lowest BCUT2D eigenvalue weighted by Crippen LogP contribution is -2.14. The van der Waals surface area contributed by atoms with Crippen molar-refractivity contribution in [2.45, 2.75) is 6.42 Å². The summed E-state index contributed by atoms with van der Waals surface area (Å²) in [7, 11) is 5.88. The number of carbonyl (C=O) groups is 1. The summed E-state index contributed by atoms with van der Waals surface area (Å²) in [6.07, 6.45) is 1.31. The number of nitrogens with two attached hydrogens (primary N) is 1. The van der Waals surface area contributed by atoms with Crippen LogP contribution in [0.15, 0.2) is 18.3 Å². The van der Waals surface area contributed by atoms with Crippen LogP contribution in [0, 0.1) is 0 Å². The van der Waals surface area contributed by atoms with Crippen LogP contribution in [0.3, 0.4) is 0 Å². The van der Waals surface area contributed by atoms with E-state index in [0.29, 0.717) is 29.2 Å². The second kappa shape index (κ2) is 8.04. The van der Waals surface area contributed by atoms with E-state index >= 15 is 0 Å². The van der Waals surface area contributed by atoms with E-state index in [9.17, 15) is 4.79 Å². The van der Waals surface area contributed by atoms with Gasteiger partial charge < -0.3 is 24.7 Å². The van der Waals surface area contributed by atoms with Crippen LogP contribution in [0.1, 0.15) is 11.1 Å². The summed E-state index contributed by atoms with van der Waals surface area (Å²) in [4.78, 5) is 19.3. The van der Waals surface area contributed by atoms with E-state index in [1.807, 2.05) is 12.1 Å². The van der Waals surface area contributed by atoms with Gasteiger partial charge in [-0.15, -0.1) is 0 Å². The second-order valence-electron chi connectivity index (χ2n) is 4.93. The number of anilines is 2. The number of aromatic nitrogens is 2. The quantitative estimate of drug-likeness (QED) is 0.812. The second-order valence-corrected chi connectivity index (χ2v) is 4.93. The summed E-state index contributed by atoms with van der Waals surface area (Å²) in [6, 6.07) is 3.64. The topological polar surface area (TPSA) is 118 Å². The summed E-state index contributed by atoms with van der Waals surface area (Å²) in [5.74, 6) is 1.91. The van der Waals surface area contributed by atoms with Crippen LogP contribution in [-0.2, 0) is 11.2 Å². The molecule has 0 saturated carbocycles. The van der Waals surface area contributed by atoms with Crippen LogP contribution in [-0.4, -0.2) is 44.5 Å². The van der Waals surface area contributed by atoms with Crippen molar-refractivity contribution in [3.05, 3.63) is 29.5 Å². The van der Waals surface area contributed by atoms with Gasteiger partial charge in [0.25, 0.3) is 0 Å². The van der Waals surface area contributed by atoms with Crippen molar-refractivity contribution in [2.24, 2.45) is 0 Å². The lowest BCUT2D eigenvalue weighted by molar-refractivity contribution is 0.186. The van der Waals surface area contributed by atoms with Gasteiger partial charge in [-0.25, -0.2) is 9.78 Å². The van der Waals surface area contributed by atoms with Crippen molar-refractivity contribution < 1.29 is 23.7 Å². The van der Waals surface area contributed by atoms with E-state index in [-0.39, 0.29) is 11.8 Å². The molecule has 134 valence electrons. The Morgan fingerprint density at radius 1 is 1.12 bits per heavy atom. The summed E-state index contributed by atoms with van der Waals surface area (Å²) in [6.45, 7) is 0. The maximum Gasteiger partial charge on any atom is 0.413 e. The third-order valence-electron chi connectivity index (χ3n) is 3.42. The van der Waals surface area contributed by atoms with Gasteiger partial charge in [-0.1, -0.05) is 0 Å². The predicted molar refractivity (Wildman–Crippen MR) is 91.4 cm³/mol. The molecule has 1 amide bonds. The fraction of sp³-hybridized carbons (Fsp3) is 0.312. The standard InChI is InChI=1S/C16H20N4O5/c1-22-11-6-9(7-12(23-2)13(11)24-3)5-10-8-18-15(19-14(10)17)20-16(21)25-4/h6-8H,5H2,1-4H3,(H3,17,18,19,20,21). The number of hydrogen-bond acceptors (Lipinski definition) is 8. The smallest absolute Gasteiger partial charge is 0.413 e. The molecule has 0 bridgehead atoms. The van der Waals surface area contributed by atoms with E-state index in [0.717, 1.165) is 5.56 Å². The number of ether oxygens (including phenoxy) is 4. The average molecular weight is 348 g/mol. The molecule has 9 nitrogen and oxygen atoms in total. The van der Waals surface area contributed by atoms with Crippen LogP contribution in [0.25, 0.3) is 0 Å². The van der Waals surface area contributed by atoms with Gasteiger partial charge in [-0.05, 0) is 17.7 Å². The monoisotopic (exact) mass is 348 g/mol.